The SMILES string of the molecule is CC(C)(C)c1cccc([PH]([CH](Cl)[Pd])(C2CCCC2)C2CCCC2)c1. The molecule has 0 bridgehead atoms. The van der Waals surface area contributed by atoms with E-state index in [1.807, 2.05) is 0 Å². The molecule has 3 rings (SSSR count). The van der Waals surface area contributed by atoms with Gasteiger partial charge < -0.3 is 0 Å². The molecule has 2 aliphatic carbocycles. The third-order valence-electron chi connectivity index (χ3n) is 6.62. The molecular formula is C21H33ClPPd. The van der Waals surface area contributed by atoms with Crippen molar-refractivity contribution in [2.75, 3.05) is 0 Å². The van der Waals surface area contributed by atoms with Crippen LogP contribution >= 0.6 is 18.9 Å². The summed E-state index contributed by atoms with van der Waals surface area (Å²) in [4.78, 5) is 0. The second-order valence-electron chi connectivity index (χ2n) is 9.00. The zero-order valence-corrected chi connectivity index (χ0v) is 18.7. The topological polar surface area (TPSA) is 0 Å². The van der Waals surface area contributed by atoms with E-state index in [1.165, 1.54) is 56.9 Å². The minimum absolute atomic E-state index is 0.196. The van der Waals surface area contributed by atoms with Gasteiger partial charge in [-0.05, 0) is 0 Å². The molecule has 0 aliphatic heterocycles. The van der Waals surface area contributed by atoms with E-state index in [2.05, 4.69) is 64.2 Å². The van der Waals surface area contributed by atoms with Gasteiger partial charge in [0.05, 0.1) is 0 Å². The Morgan fingerprint density at radius 2 is 1.50 bits per heavy atom. The van der Waals surface area contributed by atoms with Gasteiger partial charge in [0, 0.05) is 0 Å². The first-order chi connectivity index (χ1) is 11.4. The molecule has 0 heterocycles. The molecule has 1 aromatic carbocycles. The molecule has 0 nitrogen and oxygen atoms in total. The van der Waals surface area contributed by atoms with Crippen molar-refractivity contribution in [1.29, 1.82) is 0 Å². The minimum atomic E-state index is -1.79. The summed E-state index contributed by atoms with van der Waals surface area (Å²) in [7, 11) is -1.79. The van der Waals surface area contributed by atoms with Crippen molar-refractivity contribution in [3.63, 3.8) is 0 Å². The molecule has 24 heavy (non-hydrogen) atoms. The van der Waals surface area contributed by atoms with Gasteiger partial charge >= 0.3 is 166 Å². The van der Waals surface area contributed by atoms with Gasteiger partial charge in [-0.15, -0.1) is 0 Å². The molecule has 2 saturated carbocycles. The standard InChI is InChI=1S/C21H33ClP.Pd/c1-21(2,3)17-9-8-14-20(15-17)23(16-22,18-10-4-5-11-18)19-12-6-7-13-19;/h8-9,14-16,18-19,23H,4-7,10-13H2,1-3H3;. The summed E-state index contributed by atoms with van der Waals surface area (Å²) in [5.74, 6) is 0. The number of alkyl halides is 1. The Labute approximate surface area is 165 Å². The van der Waals surface area contributed by atoms with Crippen LogP contribution in [-0.2, 0) is 24.6 Å². The Morgan fingerprint density at radius 1 is 1.00 bits per heavy atom. The number of benzene rings is 1. The molecule has 0 saturated heterocycles. The van der Waals surface area contributed by atoms with Crippen LogP contribution in [0.5, 0.6) is 0 Å². The average Bonchev–Trinajstić information content (AvgIpc) is 3.21. The third kappa shape index (κ3) is 3.54. The predicted molar refractivity (Wildman–Crippen MR) is 107 cm³/mol. The fourth-order valence-electron chi connectivity index (χ4n) is 5.31. The van der Waals surface area contributed by atoms with Gasteiger partial charge in [0.1, 0.15) is 0 Å². The Morgan fingerprint density at radius 3 is 1.92 bits per heavy atom. The van der Waals surface area contributed by atoms with Crippen LogP contribution in [0.4, 0.5) is 0 Å². The van der Waals surface area contributed by atoms with E-state index in [4.69, 9.17) is 11.6 Å². The molecule has 1 unspecified atom stereocenters. The van der Waals surface area contributed by atoms with Gasteiger partial charge in [-0.3, -0.25) is 0 Å². The van der Waals surface area contributed by atoms with E-state index < -0.39 is 7.26 Å². The molecule has 0 amide bonds. The van der Waals surface area contributed by atoms with Crippen LogP contribution < -0.4 is 5.30 Å². The normalized spacial score (nSPS) is 22.9. The van der Waals surface area contributed by atoms with Gasteiger partial charge in [0.2, 0.25) is 0 Å². The van der Waals surface area contributed by atoms with Crippen LogP contribution in [-0.4, -0.2) is 14.9 Å². The molecule has 139 valence electrons. The van der Waals surface area contributed by atoms with E-state index in [9.17, 15) is 0 Å². The van der Waals surface area contributed by atoms with Gasteiger partial charge in [-0.2, -0.15) is 0 Å². The van der Waals surface area contributed by atoms with Crippen LogP contribution in [0.1, 0.15) is 77.7 Å². The molecule has 3 heteroatoms. The number of rotatable bonds is 4. The summed E-state index contributed by atoms with van der Waals surface area (Å²) in [5.41, 5.74) is 3.42. The number of hydrogen-bond acceptors (Lipinski definition) is 0. The van der Waals surface area contributed by atoms with Gasteiger partial charge in [-0.25, -0.2) is 0 Å². The second-order valence-corrected chi connectivity index (χ2v) is 16.6. The van der Waals surface area contributed by atoms with Crippen LogP contribution in [0, 0.1) is 0 Å². The maximum atomic E-state index is 7.06. The molecule has 0 spiro atoms. The summed E-state index contributed by atoms with van der Waals surface area (Å²) in [5, 5.41) is 1.64. The van der Waals surface area contributed by atoms with Crippen LogP contribution in [0.15, 0.2) is 24.3 Å². The summed E-state index contributed by atoms with van der Waals surface area (Å²) in [6, 6.07) is 9.59. The van der Waals surface area contributed by atoms with Crippen molar-refractivity contribution in [1.82, 2.24) is 0 Å². The molecular weight excluding hydrogens is 425 g/mol. The van der Waals surface area contributed by atoms with E-state index in [1.54, 1.807) is 5.30 Å². The van der Waals surface area contributed by atoms with Crippen molar-refractivity contribution in [2.24, 2.45) is 0 Å². The van der Waals surface area contributed by atoms with Gasteiger partial charge in [0.25, 0.3) is 0 Å². The predicted octanol–water partition coefficient (Wildman–Crippen LogP) is 6.31. The second kappa shape index (κ2) is 7.69. The average molecular weight is 458 g/mol. The molecule has 2 fully saturated rings. The molecule has 0 radical (unpaired) electrons. The monoisotopic (exact) mass is 457 g/mol. The summed E-state index contributed by atoms with van der Waals surface area (Å²) in [6.07, 6.45) is 11.3. The van der Waals surface area contributed by atoms with E-state index >= 15 is 0 Å². The zero-order chi connectivity index (χ0) is 17.4. The summed E-state index contributed by atoms with van der Waals surface area (Å²) in [6.45, 7) is 6.99. The fraction of sp³-hybridized carbons (Fsp3) is 0.714. The first kappa shape index (κ1) is 19.4. The molecule has 0 aromatic heterocycles. The van der Waals surface area contributed by atoms with E-state index in [0.717, 1.165) is 11.3 Å². The van der Waals surface area contributed by atoms with Crippen molar-refractivity contribution in [3.05, 3.63) is 29.8 Å². The quantitative estimate of drug-likeness (QED) is 0.282. The Kier molecular flexibility index (Phi) is 6.20. The first-order valence-electron chi connectivity index (χ1n) is 9.72. The van der Waals surface area contributed by atoms with Crippen LogP contribution in [0.3, 0.4) is 0 Å². The fourth-order valence-corrected chi connectivity index (χ4v) is 15.7. The molecule has 1 atom stereocenters. The van der Waals surface area contributed by atoms with Gasteiger partial charge in [0.15, 0.2) is 0 Å². The molecule has 0 N–H and O–H groups in total. The van der Waals surface area contributed by atoms with Crippen LogP contribution in [0.25, 0.3) is 0 Å². The van der Waals surface area contributed by atoms with Crippen molar-refractivity contribution >= 4 is 24.2 Å². The number of halogens is 1. The number of hydrogen-bond donors (Lipinski definition) is 0. The Balaban J connectivity index is 2.13. The molecule has 2 aliphatic rings. The first-order valence-corrected chi connectivity index (χ1v) is 13.3. The van der Waals surface area contributed by atoms with Gasteiger partial charge in [-0.1, -0.05) is 0 Å². The maximum absolute atomic E-state index is 7.06. The third-order valence-corrected chi connectivity index (χ3v) is 15.8. The van der Waals surface area contributed by atoms with Crippen molar-refractivity contribution < 1.29 is 19.2 Å². The van der Waals surface area contributed by atoms with Crippen molar-refractivity contribution in [2.45, 2.75) is 92.5 Å². The Bertz CT molecular complexity index is 535. The van der Waals surface area contributed by atoms with Crippen molar-refractivity contribution in [3.8, 4) is 0 Å². The Hall–Kier alpha value is 0.602. The summed E-state index contributed by atoms with van der Waals surface area (Å²) < 4.78 is 0.196. The zero-order valence-electron chi connectivity index (χ0n) is 15.4. The molecule has 1 aromatic rings. The van der Waals surface area contributed by atoms with E-state index in [-0.39, 0.29) is 9.01 Å². The van der Waals surface area contributed by atoms with E-state index in [0.29, 0.717) is 0 Å². The summed E-state index contributed by atoms with van der Waals surface area (Å²) >= 11 is 10.7. The van der Waals surface area contributed by atoms with Crippen LogP contribution in [0.2, 0.25) is 0 Å².